The van der Waals surface area contributed by atoms with Gasteiger partial charge in [0.1, 0.15) is 0 Å². The number of hydrogen-bond donors (Lipinski definition) is 0. The summed E-state index contributed by atoms with van der Waals surface area (Å²) in [4.78, 5) is 0. The summed E-state index contributed by atoms with van der Waals surface area (Å²) in [6, 6.07) is 38.9. The van der Waals surface area contributed by atoms with Gasteiger partial charge in [0.2, 0.25) is 0 Å². The second-order valence-electron chi connectivity index (χ2n) is 12.3. The Morgan fingerprint density at radius 3 is 1.89 bits per heavy atom. The molecule has 0 nitrogen and oxygen atoms in total. The molecule has 0 fully saturated rings. The zero-order valence-electron chi connectivity index (χ0n) is 22.3. The van der Waals surface area contributed by atoms with Gasteiger partial charge < -0.3 is 0 Å². The normalized spacial score (nSPS) is 14.3. The quantitative estimate of drug-likeness (QED) is 0.207. The summed E-state index contributed by atoms with van der Waals surface area (Å²) in [5, 5.41) is 7.88. The van der Waals surface area contributed by atoms with Gasteiger partial charge in [0, 0.05) is 5.41 Å². The van der Waals surface area contributed by atoms with Crippen LogP contribution in [0.4, 0.5) is 0 Å². The van der Waals surface area contributed by atoms with E-state index >= 15 is 0 Å². The fraction of sp³-hybridized carbons (Fsp3) is 0.189. The molecule has 7 rings (SSSR count). The molecule has 0 spiro atoms. The second kappa shape index (κ2) is 7.56. The predicted molar refractivity (Wildman–Crippen MR) is 161 cm³/mol. The van der Waals surface area contributed by atoms with Crippen LogP contribution in [-0.2, 0) is 10.8 Å². The van der Waals surface area contributed by atoms with Crippen LogP contribution in [0.3, 0.4) is 0 Å². The third kappa shape index (κ3) is 3.28. The van der Waals surface area contributed by atoms with Crippen molar-refractivity contribution in [2.24, 2.45) is 0 Å². The Labute approximate surface area is 219 Å². The van der Waals surface area contributed by atoms with Gasteiger partial charge in [0.15, 0.2) is 0 Å². The molecule has 0 bridgehead atoms. The molecule has 0 saturated heterocycles. The molecule has 1 aliphatic rings. The zero-order valence-corrected chi connectivity index (χ0v) is 22.3. The van der Waals surface area contributed by atoms with E-state index in [1.807, 2.05) is 0 Å². The van der Waals surface area contributed by atoms with Crippen LogP contribution in [0.15, 0.2) is 103 Å². The SMILES string of the molecule is CC(C)(C)c1ccc2c(c1)C(C)(C)c1cc(-c3ccc4c(ccc5ccc6ccccc6c54)c3)ccc1-2. The van der Waals surface area contributed by atoms with E-state index in [4.69, 9.17) is 0 Å². The highest BCUT2D eigenvalue weighted by Gasteiger charge is 2.36. The minimum atomic E-state index is -0.0199. The molecule has 0 N–H and O–H groups in total. The van der Waals surface area contributed by atoms with Crippen LogP contribution in [0.25, 0.3) is 54.6 Å². The van der Waals surface area contributed by atoms with E-state index in [9.17, 15) is 0 Å². The van der Waals surface area contributed by atoms with E-state index in [1.54, 1.807) is 0 Å². The van der Waals surface area contributed by atoms with Crippen molar-refractivity contribution in [1.82, 2.24) is 0 Å². The molecule has 37 heavy (non-hydrogen) atoms. The Balaban J connectivity index is 1.37. The molecule has 0 saturated carbocycles. The average molecular weight is 477 g/mol. The smallest absolute Gasteiger partial charge is 0.0159 e. The molecular formula is C37H32. The monoisotopic (exact) mass is 476 g/mol. The van der Waals surface area contributed by atoms with Crippen LogP contribution in [-0.4, -0.2) is 0 Å². The predicted octanol–water partition coefficient (Wildman–Crippen LogP) is 10.4. The van der Waals surface area contributed by atoms with Crippen molar-refractivity contribution in [1.29, 1.82) is 0 Å². The molecule has 0 amide bonds. The molecule has 0 aromatic heterocycles. The van der Waals surface area contributed by atoms with Crippen LogP contribution >= 0.6 is 0 Å². The fourth-order valence-corrected chi connectivity index (χ4v) is 6.40. The first kappa shape index (κ1) is 22.3. The van der Waals surface area contributed by atoms with Gasteiger partial charge in [0.05, 0.1) is 0 Å². The molecule has 0 heteroatoms. The Kier molecular flexibility index (Phi) is 4.56. The zero-order chi connectivity index (χ0) is 25.5. The lowest BCUT2D eigenvalue weighted by atomic mass is 9.78. The Hall–Kier alpha value is -3.90. The summed E-state index contributed by atoms with van der Waals surface area (Å²) >= 11 is 0. The van der Waals surface area contributed by atoms with Crippen molar-refractivity contribution in [3.63, 3.8) is 0 Å². The summed E-state index contributed by atoms with van der Waals surface area (Å²) in [7, 11) is 0. The number of fused-ring (bicyclic) bond motifs is 8. The van der Waals surface area contributed by atoms with Gasteiger partial charge in [0.25, 0.3) is 0 Å². The molecule has 0 heterocycles. The molecule has 180 valence electrons. The van der Waals surface area contributed by atoms with E-state index in [-0.39, 0.29) is 10.8 Å². The van der Waals surface area contributed by atoms with Crippen LogP contribution in [0, 0.1) is 0 Å². The first-order valence-corrected chi connectivity index (χ1v) is 13.4. The molecule has 6 aromatic carbocycles. The summed E-state index contributed by atoms with van der Waals surface area (Å²) < 4.78 is 0. The third-order valence-electron chi connectivity index (χ3n) is 8.60. The molecule has 6 aromatic rings. The summed E-state index contributed by atoms with van der Waals surface area (Å²) in [5.74, 6) is 0. The fourth-order valence-electron chi connectivity index (χ4n) is 6.40. The number of rotatable bonds is 1. The van der Waals surface area contributed by atoms with Gasteiger partial charge in [-0.2, -0.15) is 0 Å². The van der Waals surface area contributed by atoms with E-state index in [1.165, 1.54) is 71.3 Å². The average Bonchev–Trinajstić information content (AvgIpc) is 3.13. The Morgan fingerprint density at radius 1 is 0.514 bits per heavy atom. The van der Waals surface area contributed by atoms with Gasteiger partial charge in [-0.05, 0) is 88.8 Å². The second-order valence-corrected chi connectivity index (χ2v) is 12.3. The first-order valence-electron chi connectivity index (χ1n) is 13.4. The minimum absolute atomic E-state index is 0.0199. The summed E-state index contributed by atoms with van der Waals surface area (Å²) in [6.07, 6.45) is 0. The Morgan fingerprint density at radius 2 is 1.11 bits per heavy atom. The van der Waals surface area contributed by atoms with Gasteiger partial charge in [-0.15, -0.1) is 0 Å². The summed E-state index contributed by atoms with van der Waals surface area (Å²) in [6.45, 7) is 11.7. The van der Waals surface area contributed by atoms with Gasteiger partial charge >= 0.3 is 0 Å². The van der Waals surface area contributed by atoms with Crippen LogP contribution in [0.2, 0.25) is 0 Å². The topological polar surface area (TPSA) is 0 Å². The number of benzene rings is 6. The van der Waals surface area contributed by atoms with Gasteiger partial charge in [-0.1, -0.05) is 126 Å². The Bertz CT molecular complexity index is 1880. The summed E-state index contributed by atoms with van der Waals surface area (Å²) in [5.41, 5.74) is 9.73. The minimum Gasteiger partial charge on any atom is -0.0616 e. The van der Waals surface area contributed by atoms with E-state index in [0.29, 0.717) is 0 Å². The highest BCUT2D eigenvalue weighted by Crippen LogP contribution is 2.50. The van der Waals surface area contributed by atoms with Gasteiger partial charge in [-0.25, -0.2) is 0 Å². The van der Waals surface area contributed by atoms with E-state index in [0.717, 1.165) is 0 Å². The lowest BCUT2D eigenvalue weighted by Crippen LogP contribution is -2.17. The lowest BCUT2D eigenvalue weighted by Gasteiger charge is -2.25. The van der Waals surface area contributed by atoms with E-state index < -0.39 is 0 Å². The highest BCUT2D eigenvalue weighted by molar-refractivity contribution is 6.20. The van der Waals surface area contributed by atoms with Crippen LogP contribution in [0.1, 0.15) is 51.3 Å². The first-order chi connectivity index (χ1) is 17.7. The molecule has 1 aliphatic carbocycles. The maximum absolute atomic E-state index is 2.44. The van der Waals surface area contributed by atoms with Crippen molar-refractivity contribution in [3.05, 3.63) is 120 Å². The van der Waals surface area contributed by atoms with Crippen molar-refractivity contribution in [3.8, 4) is 22.3 Å². The maximum Gasteiger partial charge on any atom is 0.0159 e. The van der Waals surface area contributed by atoms with Crippen molar-refractivity contribution < 1.29 is 0 Å². The van der Waals surface area contributed by atoms with Crippen molar-refractivity contribution in [2.75, 3.05) is 0 Å². The lowest BCUT2D eigenvalue weighted by molar-refractivity contribution is 0.584. The molecule has 0 unspecified atom stereocenters. The molecule has 0 atom stereocenters. The maximum atomic E-state index is 2.44. The molecule has 0 aliphatic heterocycles. The molecular weight excluding hydrogens is 444 g/mol. The van der Waals surface area contributed by atoms with E-state index in [2.05, 4.69) is 138 Å². The standard InChI is InChI=1S/C37H32/c1-36(2,3)28-16-19-32-31-18-15-26(21-33(31)37(4,5)34(32)22-28)25-14-17-30-27(20-25)13-12-24-11-10-23-8-6-7-9-29(23)35(24)30/h6-22H,1-5H3. The van der Waals surface area contributed by atoms with Crippen LogP contribution < -0.4 is 0 Å². The number of hydrogen-bond acceptors (Lipinski definition) is 0. The van der Waals surface area contributed by atoms with Crippen molar-refractivity contribution >= 4 is 32.3 Å². The molecule has 0 radical (unpaired) electrons. The van der Waals surface area contributed by atoms with Crippen LogP contribution in [0.5, 0.6) is 0 Å². The largest absolute Gasteiger partial charge is 0.0616 e. The third-order valence-corrected chi connectivity index (χ3v) is 8.60. The van der Waals surface area contributed by atoms with Gasteiger partial charge in [-0.3, -0.25) is 0 Å². The van der Waals surface area contributed by atoms with Crippen molar-refractivity contribution in [2.45, 2.75) is 45.4 Å². The highest BCUT2D eigenvalue weighted by atomic mass is 14.4.